The van der Waals surface area contributed by atoms with Crippen molar-refractivity contribution in [2.24, 2.45) is 18.7 Å². The summed E-state index contributed by atoms with van der Waals surface area (Å²) in [7, 11) is 1.77. The van der Waals surface area contributed by atoms with E-state index < -0.39 is 5.60 Å². The molecule has 5 heteroatoms. The van der Waals surface area contributed by atoms with Crippen LogP contribution in [0.1, 0.15) is 18.5 Å². The van der Waals surface area contributed by atoms with Crippen LogP contribution in [0.15, 0.2) is 6.20 Å². The van der Waals surface area contributed by atoms with E-state index in [1.807, 2.05) is 0 Å². The summed E-state index contributed by atoms with van der Waals surface area (Å²) in [5.41, 5.74) is 5.39. The molecule has 0 saturated heterocycles. The minimum absolute atomic E-state index is 0.235. The SMILES string of the molecule is Cn1nncc1C(O)(CN)C1CC1. The monoisotopic (exact) mass is 182 g/mol. The molecular formula is C8H14N4O. The normalized spacial score (nSPS) is 21.5. The molecule has 0 aromatic carbocycles. The van der Waals surface area contributed by atoms with Gasteiger partial charge in [0.05, 0.1) is 11.9 Å². The lowest BCUT2D eigenvalue weighted by atomic mass is 9.94. The van der Waals surface area contributed by atoms with Gasteiger partial charge in [0.2, 0.25) is 0 Å². The number of nitrogens with two attached hydrogens (primary N) is 1. The Morgan fingerprint density at radius 3 is 2.85 bits per heavy atom. The lowest BCUT2D eigenvalue weighted by Crippen LogP contribution is -2.38. The Hall–Kier alpha value is -0.940. The van der Waals surface area contributed by atoms with Crippen LogP contribution in [0.4, 0.5) is 0 Å². The maximum Gasteiger partial charge on any atom is 0.123 e. The van der Waals surface area contributed by atoms with Gasteiger partial charge in [0.25, 0.3) is 0 Å². The molecule has 1 fully saturated rings. The first-order chi connectivity index (χ1) is 6.18. The van der Waals surface area contributed by atoms with Gasteiger partial charge < -0.3 is 10.8 Å². The average molecular weight is 182 g/mol. The molecular weight excluding hydrogens is 168 g/mol. The largest absolute Gasteiger partial charge is 0.382 e. The molecule has 0 radical (unpaired) electrons. The molecule has 3 N–H and O–H groups in total. The van der Waals surface area contributed by atoms with Crippen LogP contribution in [0.2, 0.25) is 0 Å². The molecule has 1 saturated carbocycles. The summed E-state index contributed by atoms with van der Waals surface area (Å²) in [6, 6.07) is 0. The summed E-state index contributed by atoms with van der Waals surface area (Å²) >= 11 is 0. The zero-order valence-corrected chi connectivity index (χ0v) is 7.64. The topological polar surface area (TPSA) is 77.0 Å². The zero-order valence-electron chi connectivity index (χ0n) is 7.64. The van der Waals surface area contributed by atoms with Crippen molar-refractivity contribution < 1.29 is 5.11 Å². The predicted molar refractivity (Wildman–Crippen MR) is 46.7 cm³/mol. The smallest absolute Gasteiger partial charge is 0.123 e. The molecule has 72 valence electrons. The molecule has 0 amide bonds. The average Bonchev–Trinajstić information content (AvgIpc) is 2.89. The third-order valence-electron chi connectivity index (χ3n) is 2.72. The van der Waals surface area contributed by atoms with E-state index in [1.165, 1.54) is 0 Å². The fourth-order valence-corrected chi connectivity index (χ4v) is 1.72. The van der Waals surface area contributed by atoms with Gasteiger partial charge >= 0.3 is 0 Å². The molecule has 1 aliphatic carbocycles. The summed E-state index contributed by atoms with van der Waals surface area (Å²) in [6.45, 7) is 0.235. The van der Waals surface area contributed by atoms with Crippen LogP contribution in [0.5, 0.6) is 0 Å². The summed E-state index contributed by atoms with van der Waals surface area (Å²) in [6.07, 6.45) is 3.67. The highest BCUT2D eigenvalue weighted by molar-refractivity contribution is 5.14. The van der Waals surface area contributed by atoms with Gasteiger partial charge in [-0.3, -0.25) is 0 Å². The zero-order chi connectivity index (χ0) is 9.47. The van der Waals surface area contributed by atoms with E-state index in [0.717, 1.165) is 18.5 Å². The first kappa shape index (κ1) is 8.65. The van der Waals surface area contributed by atoms with Crippen molar-refractivity contribution in [3.63, 3.8) is 0 Å². The fourth-order valence-electron chi connectivity index (χ4n) is 1.72. The Morgan fingerprint density at radius 1 is 1.77 bits per heavy atom. The molecule has 2 rings (SSSR count). The molecule has 0 spiro atoms. The maximum atomic E-state index is 10.3. The second-order valence-electron chi connectivity index (χ2n) is 3.65. The first-order valence-corrected chi connectivity index (χ1v) is 4.46. The van der Waals surface area contributed by atoms with Crippen LogP contribution in [0.25, 0.3) is 0 Å². The van der Waals surface area contributed by atoms with Crippen LogP contribution in [-0.2, 0) is 12.6 Å². The summed E-state index contributed by atoms with van der Waals surface area (Å²) in [5, 5.41) is 17.8. The van der Waals surface area contributed by atoms with Gasteiger partial charge in [-0.1, -0.05) is 5.21 Å². The molecule has 13 heavy (non-hydrogen) atoms. The minimum Gasteiger partial charge on any atom is -0.382 e. The van der Waals surface area contributed by atoms with Crippen LogP contribution in [0.3, 0.4) is 0 Å². The van der Waals surface area contributed by atoms with E-state index >= 15 is 0 Å². The van der Waals surface area contributed by atoms with Crippen molar-refractivity contribution in [3.8, 4) is 0 Å². The van der Waals surface area contributed by atoms with E-state index in [2.05, 4.69) is 10.3 Å². The summed E-state index contributed by atoms with van der Waals surface area (Å²) in [5.74, 6) is 0.287. The van der Waals surface area contributed by atoms with Crippen molar-refractivity contribution in [2.45, 2.75) is 18.4 Å². The molecule has 1 atom stereocenters. The number of hydrogen-bond acceptors (Lipinski definition) is 4. The molecule has 1 heterocycles. The van der Waals surface area contributed by atoms with E-state index in [0.29, 0.717) is 0 Å². The number of nitrogens with zero attached hydrogens (tertiary/aromatic N) is 3. The van der Waals surface area contributed by atoms with Gasteiger partial charge in [0.1, 0.15) is 5.60 Å². The third-order valence-corrected chi connectivity index (χ3v) is 2.72. The highest BCUT2D eigenvalue weighted by Gasteiger charge is 2.46. The Balaban J connectivity index is 2.35. The highest BCUT2D eigenvalue weighted by atomic mass is 16.3. The Bertz CT molecular complexity index is 307. The second kappa shape index (κ2) is 2.78. The molecule has 1 aromatic heterocycles. The Kier molecular flexibility index (Phi) is 1.85. The van der Waals surface area contributed by atoms with E-state index in [9.17, 15) is 5.11 Å². The van der Waals surface area contributed by atoms with E-state index in [4.69, 9.17) is 5.73 Å². The molecule has 1 aliphatic rings. The lowest BCUT2D eigenvalue weighted by molar-refractivity contribution is 0.0142. The fraction of sp³-hybridized carbons (Fsp3) is 0.750. The molecule has 5 nitrogen and oxygen atoms in total. The van der Waals surface area contributed by atoms with Gasteiger partial charge in [-0.2, -0.15) is 0 Å². The van der Waals surface area contributed by atoms with Crippen LogP contribution < -0.4 is 5.73 Å². The maximum absolute atomic E-state index is 10.3. The minimum atomic E-state index is -0.918. The number of hydrogen-bond donors (Lipinski definition) is 2. The summed E-state index contributed by atoms with van der Waals surface area (Å²) in [4.78, 5) is 0. The molecule has 0 aliphatic heterocycles. The third kappa shape index (κ3) is 1.24. The van der Waals surface area contributed by atoms with E-state index in [-0.39, 0.29) is 12.5 Å². The quantitative estimate of drug-likeness (QED) is 0.652. The molecule has 1 aromatic rings. The lowest BCUT2D eigenvalue weighted by Gasteiger charge is -2.25. The van der Waals surface area contributed by atoms with Crippen LogP contribution in [-0.4, -0.2) is 26.6 Å². The standard InChI is InChI=1S/C8H14N4O/c1-12-7(4-10-11-12)8(13,5-9)6-2-3-6/h4,6,13H,2-3,5,9H2,1H3. The van der Waals surface area contributed by atoms with Crippen molar-refractivity contribution in [1.29, 1.82) is 0 Å². The van der Waals surface area contributed by atoms with Gasteiger partial charge in [0, 0.05) is 13.6 Å². The Labute approximate surface area is 76.5 Å². The summed E-state index contributed by atoms with van der Waals surface area (Å²) < 4.78 is 1.59. The number of aryl methyl sites for hydroxylation is 1. The second-order valence-corrected chi connectivity index (χ2v) is 3.65. The van der Waals surface area contributed by atoms with Gasteiger partial charge in [-0.15, -0.1) is 5.10 Å². The number of aromatic nitrogens is 3. The van der Waals surface area contributed by atoms with Crippen molar-refractivity contribution in [3.05, 3.63) is 11.9 Å². The highest BCUT2D eigenvalue weighted by Crippen LogP contribution is 2.44. The number of rotatable bonds is 3. The number of aliphatic hydroxyl groups is 1. The van der Waals surface area contributed by atoms with Crippen molar-refractivity contribution >= 4 is 0 Å². The van der Waals surface area contributed by atoms with Gasteiger partial charge in [0.15, 0.2) is 0 Å². The molecule has 1 unspecified atom stereocenters. The van der Waals surface area contributed by atoms with Crippen molar-refractivity contribution in [1.82, 2.24) is 15.0 Å². The van der Waals surface area contributed by atoms with Crippen LogP contribution >= 0.6 is 0 Å². The van der Waals surface area contributed by atoms with Crippen LogP contribution in [0, 0.1) is 5.92 Å². The van der Waals surface area contributed by atoms with E-state index in [1.54, 1.807) is 17.9 Å². The predicted octanol–water partition coefficient (Wildman–Crippen LogP) is -0.629. The first-order valence-electron chi connectivity index (χ1n) is 4.46. The van der Waals surface area contributed by atoms with Gasteiger partial charge in [-0.05, 0) is 18.8 Å². The van der Waals surface area contributed by atoms with Crippen molar-refractivity contribution in [2.75, 3.05) is 6.54 Å². The molecule has 0 bridgehead atoms. The van der Waals surface area contributed by atoms with Gasteiger partial charge in [-0.25, -0.2) is 4.68 Å². The Morgan fingerprint density at radius 2 is 2.46 bits per heavy atom.